The summed E-state index contributed by atoms with van der Waals surface area (Å²) in [5, 5.41) is 4.24. The quantitative estimate of drug-likeness (QED) is 0.664. The van der Waals surface area contributed by atoms with Gasteiger partial charge in [0.15, 0.2) is 12.1 Å². The number of carbonyl (C=O) groups is 2. The second-order valence-electron chi connectivity index (χ2n) is 4.39. The highest BCUT2D eigenvalue weighted by atomic mass is 16.1. The highest BCUT2D eigenvalue weighted by Gasteiger charge is 2.19. The minimum absolute atomic E-state index is 0.0802. The molecule has 0 unspecified atom stereocenters. The number of aromatic amines is 1. The Morgan fingerprint density at radius 3 is 2.56 bits per heavy atom. The number of carbonyl (C=O) groups excluding carboxylic acids is 2. The zero-order chi connectivity index (χ0) is 13.4. The van der Waals surface area contributed by atoms with Gasteiger partial charge >= 0.3 is 0 Å². The van der Waals surface area contributed by atoms with Crippen LogP contribution in [0.2, 0.25) is 0 Å². The van der Waals surface area contributed by atoms with Crippen LogP contribution in [-0.4, -0.2) is 26.8 Å². The van der Waals surface area contributed by atoms with Crippen molar-refractivity contribution in [2.45, 2.75) is 20.8 Å². The van der Waals surface area contributed by atoms with Crippen LogP contribution in [-0.2, 0) is 7.05 Å². The van der Waals surface area contributed by atoms with Crippen LogP contribution in [0.1, 0.15) is 39.0 Å². The maximum atomic E-state index is 11.5. The standard InChI is InChI=1S/C13H15N3O2/c1-7-11(6-17)13(14-12(7)9(3)18)10-5-16(4)15-8(10)2/h5-6,14H,1-4H3. The number of aldehydes is 1. The molecule has 0 aliphatic rings. The van der Waals surface area contributed by atoms with E-state index in [1.807, 2.05) is 20.2 Å². The number of aromatic nitrogens is 3. The van der Waals surface area contributed by atoms with Crippen LogP contribution in [0.5, 0.6) is 0 Å². The van der Waals surface area contributed by atoms with Gasteiger partial charge in [0.05, 0.1) is 17.1 Å². The number of nitrogens with zero attached hydrogens (tertiary/aromatic N) is 2. The van der Waals surface area contributed by atoms with E-state index in [0.717, 1.165) is 17.5 Å². The van der Waals surface area contributed by atoms with Crippen molar-refractivity contribution in [3.63, 3.8) is 0 Å². The molecule has 18 heavy (non-hydrogen) atoms. The maximum absolute atomic E-state index is 11.5. The summed E-state index contributed by atoms with van der Waals surface area (Å²) >= 11 is 0. The van der Waals surface area contributed by atoms with Crippen LogP contribution in [0.3, 0.4) is 0 Å². The lowest BCUT2D eigenvalue weighted by Gasteiger charge is -1.96. The number of hydrogen-bond donors (Lipinski definition) is 1. The Hall–Kier alpha value is -2.17. The molecular formula is C13H15N3O2. The van der Waals surface area contributed by atoms with E-state index in [1.54, 1.807) is 11.6 Å². The molecule has 1 N–H and O–H groups in total. The molecule has 94 valence electrons. The van der Waals surface area contributed by atoms with Gasteiger partial charge in [0, 0.05) is 31.3 Å². The molecule has 0 spiro atoms. The summed E-state index contributed by atoms with van der Waals surface area (Å²) in [6.07, 6.45) is 2.61. The summed E-state index contributed by atoms with van der Waals surface area (Å²) in [5.41, 5.74) is 4.02. The van der Waals surface area contributed by atoms with Crippen molar-refractivity contribution in [3.8, 4) is 11.3 Å². The molecule has 0 aromatic carbocycles. The average molecular weight is 245 g/mol. The van der Waals surface area contributed by atoms with E-state index in [4.69, 9.17) is 0 Å². The predicted octanol–water partition coefficient (Wildman–Crippen LogP) is 2.05. The molecule has 0 aliphatic heterocycles. The molecule has 0 atom stereocenters. The lowest BCUT2D eigenvalue weighted by atomic mass is 10.1. The highest BCUT2D eigenvalue weighted by molar-refractivity contribution is 6.00. The van der Waals surface area contributed by atoms with Crippen molar-refractivity contribution in [2.24, 2.45) is 7.05 Å². The molecule has 5 nitrogen and oxygen atoms in total. The summed E-state index contributed by atoms with van der Waals surface area (Å²) in [6.45, 7) is 5.12. The Morgan fingerprint density at radius 2 is 2.11 bits per heavy atom. The molecular weight excluding hydrogens is 230 g/mol. The maximum Gasteiger partial charge on any atom is 0.176 e. The topological polar surface area (TPSA) is 67.8 Å². The van der Waals surface area contributed by atoms with E-state index in [9.17, 15) is 9.59 Å². The fraction of sp³-hybridized carbons (Fsp3) is 0.308. The minimum Gasteiger partial charge on any atom is -0.351 e. The van der Waals surface area contributed by atoms with Crippen LogP contribution < -0.4 is 0 Å². The van der Waals surface area contributed by atoms with Gasteiger partial charge in [-0.25, -0.2) is 0 Å². The summed E-state index contributed by atoms with van der Waals surface area (Å²) < 4.78 is 1.68. The number of aryl methyl sites for hydroxylation is 2. The molecule has 2 rings (SSSR count). The number of Topliss-reactive ketones (excluding diaryl/α,β-unsaturated/α-hetero) is 1. The number of H-pyrrole nitrogens is 1. The minimum atomic E-state index is -0.0802. The van der Waals surface area contributed by atoms with Crippen LogP contribution in [0, 0.1) is 13.8 Å². The number of rotatable bonds is 3. The molecule has 0 fully saturated rings. The summed E-state index contributed by atoms with van der Waals surface area (Å²) in [5.74, 6) is -0.0802. The number of ketones is 1. The smallest absolute Gasteiger partial charge is 0.176 e. The second kappa shape index (κ2) is 4.25. The first kappa shape index (κ1) is 12.3. The Labute approximate surface area is 105 Å². The van der Waals surface area contributed by atoms with Crippen LogP contribution >= 0.6 is 0 Å². The van der Waals surface area contributed by atoms with Gasteiger partial charge in [-0.2, -0.15) is 5.10 Å². The predicted molar refractivity (Wildman–Crippen MR) is 67.9 cm³/mol. The SMILES string of the molecule is CC(=O)c1[nH]c(-c2cn(C)nc2C)c(C=O)c1C. The summed E-state index contributed by atoms with van der Waals surface area (Å²) in [6, 6.07) is 0. The van der Waals surface area contributed by atoms with Gasteiger partial charge in [-0.05, 0) is 19.4 Å². The zero-order valence-corrected chi connectivity index (χ0v) is 10.9. The van der Waals surface area contributed by atoms with Gasteiger partial charge in [0.2, 0.25) is 0 Å². The molecule has 5 heteroatoms. The van der Waals surface area contributed by atoms with Gasteiger partial charge in [-0.3, -0.25) is 14.3 Å². The van der Waals surface area contributed by atoms with E-state index in [1.165, 1.54) is 6.92 Å². The molecule has 0 radical (unpaired) electrons. The third-order valence-electron chi connectivity index (χ3n) is 3.05. The number of nitrogens with one attached hydrogen (secondary N) is 1. The van der Waals surface area contributed by atoms with Crippen LogP contribution in [0.4, 0.5) is 0 Å². The fourth-order valence-electron chi connectivity index (χ4n) is 2.17. The Kier molecular flexibility index (Phi) is 2.90. The first-order chi connectivity index (χ1) is 8.45. The first-order valence-corrected chi connectivity index (χ1v) is 5.65. The zero-order valence-electron chi connectivity index (χ0n) is 10.9. The lowest BCUT2D eigenvalue weighted by Crippen LogP contribution is -1.94. The molecule has 0 aliphatic carbocycles. The molecule has 0 bridgehead atoms. The monoisotopic (exact) mass is 245 g/mol. The second-order valence-corrected chi connectivity index (χ2v) is 4.39. The Balaban J connectivity index is 2.71. The van der Waals surface area contributed by atoms with E-state index in [-0.39, 0.29) is 5.78 Å². The highest BCUT2D eigenvalue weighted by Crippen LogP contribution is 2.28. The third kappa shape index (κ3) is 1.77. The van der Waals surface area contributed by atoms with Crippen molar-refractivity contribution in [1.82, 2.24) is 14.8 Å². The van der Waals surface area contributed by atoms with Crippen molar-refractivity contribution in [2.75, 3.05) is 0 Å². The van der Waals surface area contributed by atoms with Crippen LogP contribution in [0.25, 0.3) is 11.3 Å². The molecule has 2 heterocycles. The normalized spacial score (nSPS) is 10.7. The van der Waals surface area contributed by atoms with E-state index in [2.05, 4.69) is 10.1 Å². The van der Waals surface area contributed by atoms with Gasteiger partial charge in [-0.1, -0.05) is 0 Å². The molecule has 0 amide bonds. The third-order valence-corrected chi connectivity index (χ3v) is 3.05. The van der Waals surface area contributed by atoms with Crippen molar-refractivity contribution in [1.29, 1.82) is 0 Å². The fourth-order valence-corrected chi connectivity index (χ4v) is 2.17. The summed E-state index contributed by atoms with van der Waals surface area (Å²) in [7, 11) is 1.82. The van der Waals surface area contributed by atoms with Gasteiger partial charge < -0.3 is 4.98 Å². The summed E-state index contributed by atoms with van der Waals surface area (Å²) in [4.78, 5) is 25.8. The van der Waals surface area contributed by atoms with Crippen LogP contribution in [0.15, 0.2) is 6.20 Å². The molecule has 0 saturated heterocycles. The van der Waals surface area contributed by atoms with Gasteiger partial charge in [0.25, 0.3) is 0 Å². The van der Waals surface area contributed by atoms with Crippen molar-refractivity contribution in [3.05, 3.63) is 28.7 Å². The molecule has 0 saturated carbocycles. The Morgan fingerprint density at radius 1 is 1.44 bits per heavy atom. The number of hydrogen-bond acceptors (Lipinski definition) is 3. The molecule has 2 aromatic rings. The van der Waals surface area contributed by atoms with Gasteiger partial charge in [0.1, 0.15) is 0 Å². The Bertz CT molecular complexity index is 635. The molecule has 2 aromatic heterocycles. The van der Waals surface area contributed by atoms with E-state index >= 15 is 0 Å². The first-order valence-electron chi connectivity index (χ1n) is 5.65. The van der Waals surface area contributed by atoms with Crippen molar-refractivity contribution >= 4 is 12.1 Å². The lowest BCUT2D eigenvalue weighted by molar-refractivity contribution is 0.101. The van der Waals surface area contributed by atoms with Crippen molar-refractivity contribution < 1.29 is 9.59 Å². The average Bonchev–Trinajstić information content (AvgIpc) is 2.78. The van der Waals surface area contributed by atoms with E-state index in [0.29, 0.717) is 22.5 Å². The van der Waals surface area contributed by atoms with Gasteiger partial charge in [-0.15, -0.1) is 0 Å². The van der Waals surface area contributed by atoms with E-state index < -0.39 is 0 Å². The largest absolute Gasteiger partial charge is 0.351 e.